The van der Waals surface area contributed by atoms with E-state index in [-0.39, 0.29) is 24.9 Å². The minimum absolute atomic E-state index is 0.00260. The third-order valence-corrected chi connectivity index (χ3v) is 5.60. The quantitative estimate of drug-likeness (QED) is 0.441. The van der Waals surface area contributed by atoms with Crippen LogP contribution in [-0.2, 0) is 20.9 Å². The minimum atomic E-state index is -0.401. The van der Waals surface area contributed by atoms with Crippen molar-refractivity contribution in [2.75, 3.05) is 6.61 Å². The van der Waals surface area contributed by atoms with Gasteiger partial charge < -0.3 is 9.64 Å². The van der Waals surface area contributed by atoms with Crippen LogP contribution in [-0.4, -0.2) is 23.4 Å². The third kappa shape index (κ3) is 4.85. The average Bonchev–Trinajstić information content (AvgIpc) is 2.70. The van der Waals surface area contributed by atoms with E-state index in [4.69, 9.17) is 4.74 Å². The topological polar surface area (TPSA) is 46.6 Å². The summed E-state index contributed by atoms with van der Waals surface area (Å²) in [6.07, 6.45) is 1.78. The van der Waals surface area contributed by atoms with Crippen LogP contribution in [0, 0.1) is 6.92 Å². The molecule has 1 unspecified atom stereocenters. The van der Waals surface area contributed by atoms with Crippen molar-refractivity contribution in [1.82, 2.24) is 4.90 Å². The van der Waals surface area contributed by atoms with E-state index in [9.17, 15) is 9.59 Å². The Morgan fingerprint density at radius 3 is 2.62 bits per heavy atom. The molecule has 5 heteroatoms. The molecule has 0 spiro atoms. The van der Waals surface area contributed by atoms with Gasteiger partial charge in [0, 0.05) is 22.5 Å². The zero-order valence-corrected chi connectivity index (χ0v) is 18.2. The van der Waals surface area contributed by atoms with E-state index in [0.717, 1.165) is 21.2 Å². The number of hydrogen-bond donors (Lipinski definition) is 0. The van der Waals surface area contributed by atoms with E-state index >= 15 is 0 Å². The largest absolute Gasteiger partial charge is 0.458 e. The van der Waals surface area contributed by atoms with E-state index in [1.807, 2.05) is 62.4 Å². The maximum Gasteiger partial charge on any atom is 0.336 e. The molecule has 0 bridgehead atoms. The molecule has 0 saturated carbocycles. The van der Waals surface area contributed by atoms with Gasteiger partial charge in [0.15, 0.2) is 0 Å². The van der Waals surface area contributed by atoms with Gasteiger partial charge in [-0.25, -0.2) is 4.79 Å². The second-order valence-electron chi connectivity index (χ2n) is 7.16. The molecule has 150 valence electrons. The number of ether oxygens (including phenoxy) is 1. The van der Waals surface area contributed by atoms with Crippen LogP contribution >= 0.6 is 15.9 Å². The molecule has 0 aliphatic carbocycles. The number of aryl methyl sites for hydroxylation is 1. The highest BCUT2D eigenvalue weighted by atomic mass is 79.9. The summed E-state index contributed by atoms with van der Waals surface area (Å²) in [4.78, 5) is 27.6. The van der Waals surface area contributed by atoms with Crippen LogP contribution in [0.25, 0.3) is 0 Å². The predicted molar refractivity (Wildman–Crippen MR) is 117 cm³/mol. The number of nitrogens with zero attached hydrogens (tertiary/aromatic N) is 1. The highest BCUT2D eigenvalue weighted by Gasteiger charge is 2.36. The summed E-state index contributed by atoms with van der Waals surface area (Å²) >= 11 is 3.43. The molecular weight excluding hydrogens is 430 g/mol. The Morgan fingerprint density at radius 1 is 1.24 bits per heavy atom. The minimum Gasteiger partial charge on any atom is -0.458 e. The van der Waals surface area contributed by atoms with Crippen LogP contribution in [0.15, 0.2) is 76.9 Å². The summed E-state index contributed by atoms with van der Waals surface area (Å²) in [5.41, 5.74) is 4.21. The lowest BCUT2D eigenvalue weighted by molar-refractivity contribution is -0.139. The number of halogens is 1. The molecule has 29 heavy (non-hydrogen) atoms. The summed E-state index contributed by atoms with van der Waals surface area (Å²) < 4.78 is 6.35. The standard InChI is InChI=1S/C24H24BrNO3/c1-4-12-29-24(28)23-17(3)26(15-18-8-10-20(25)11-9-18)22(27)14-21(23)19-7-5-6-16(2)13-19/h4-11,13,21H,1,12,14-15H2,2-3H3. The fourth-order valence-corrected chi connectivity index (χ4v) is 3.89. The number of benzene rings is 2. The van der Waals surface area contributed by atoms with Gasteiger partial charge >= 0.3 is 5.97 Å². The number of carbonyl (C=O) groups is 2. The van der Waals surface area contributed by atoms with Gasteiger partial charge in [-0.05, 0) is 37.1 Å². The second kappa shape index (κ2) is 9.23. The van der Waals surface area contributed by atoms with E-state index < -0.39 is 5.97 Å². The molecule has 2 aromatic carbocycles. The van der Waals surface area contributed by atoms with Gasteiger partial charge in [-0.2, -0.15) is 0 Å². The SMILES string of the molecule is C=CCOC(=O)C1=C(C)N(Cc2ccc(Br)cc2)C(=O)CC1c1cccc(C)c1. The molecule has 0 saturated heterocycles. The Balaban J connectivity index is 2.01. The molecule has 0 N–H and O–H groups in total. The van der Waals surface area contributed by atoms with Crippen molar-refractivity contribution >= 4 is 27.8 Å². The lowest BCUT2D eigenvalue weighted by Crippen LogP contribution is -2.38. The fraction of sp³-hybridized carbons (Fsp3) is 0.250. The van der Waals surface area contributed by atoms with Gasteiger partial charge in [-0.15, -0.1) is 0 Å². The Hall–Kier alpha value is -2.66. The van der Waals surface area contributed by atoms with Crippen LogP contribution in [0.3, 0.4) is 0 Å². The number of allylic oxidation sites excluding steroid dienone is 1. The van der Waals surface area contributed by atoms with Crippen LogP contribution in [0.4, 0.5) is 0 Å². The van der Waals surface area contributed by atoms with Crippen LogP contribution in [0.1, 0.15) is 36.0 Å². The summed E-state index contributed by atoms with van der Waals surface area (Å²) in [6, 6.07) is 15.8. The highest BCUT2D eigenvalue weighted by Crippen LogP contribution is 2.38. The first kappa shape index (κ1) is 21.1. The first-order chi connectivity index (χ1) is 13.9. The van der Waals surface area contributed by atoms with E-state index in [1.54, 1.807) is 11.0 Å². The Morgan fingerprint density at radius 2 is 1.97 bits per heavy atom. The van der Waals surface area contributed by atoms with Crippen molar-refractivity contribution in [1.29, 1.82) is 0 Å². The average molecular weight is 454 g/mol. The first-order valence-electron chi connectivity index (χ1n) is 9.51. The van der Waals surface area contributed by atoms with Crippen molar-refractivity contribution < 1.29 is 14.3 Å². The van der Waals surface area contributed by atoms with Crippen molar-refractivity contribution in [3.05, 3.63) is 93.6 Å². The number of rotatable bonds is 6. The van der Waals surface area contributed by atoms with Gasteiger partial charge in [0.1, 0.15) is 6.61 Å². The van der Waals surface area contributed by atoms with Crippen LogP contribution in [0.2, 0.25) is 0 Å². The van der Waals surface area contributed by atoms with Crippen molar-refractivity contribution in [2.45, 2.75) is 32.7 Å². The molecule has 1 heterocycles. The molecule has 0 aromatic heterocycles. The molecule has 1 aliphatic heterocycles. The predicted octanol–water partition coefficient (Wildman–Crippen LogP) is 5.28. The number of esters is 1. The molecule has 1 atom stereocenters. The summed E-state index contributed by atoms with van der Waals surface area (Å²) in [7, 11) is 0. The summed E-state index contributed by atoms with van der Waals surface area (Å²) in [5, 5.41) is 0. The van der Waals surface area contributed by atoms with Crippen molar-refractivity contribution in [2.24, 2.45) is 0 Å². The van der Waals surface area contributed by atoms with E-state index in [1.165, 1.54) is 0 Å². The third-order valence-electron chi connectivity index (χ3n) is 5.07. The van der Waals surface area contributed by atoms with Crippen molar-refractivity contribution in [3.63, 3.8) is 0 Å². The van der Waals surface area contributed by atoms with E-state index in [0.29, 0.717) is 17.8 Å². The normalized spacial score (nSPS) is 16.7. The van der Waals surface area contributed by atoms with Crippen molar-refractivity contribution in [3.8, 4) is 0 Å². The molecule has 0 fully saturated rings. The maximum absolute atomic E-state index is 13.0. The molecule has 3 rings (SSSR count). The van der Waals surface area contributed by atoms with Gasteiger partial charge in [0.05, 0.1) is 12.1 Å². The molecule has 1 aliphatic rings. The summed E-state index contributed by atoms with van der Waals surface area (Å²) in [5.74, 6) is -0.722. The zero-order chi connectivity index (χ0) is 21.0. The fourth-order valence-electron chi connectivity index (χ4n) is 3.62. The molecular formula is C24H24BrNO3. The van der Waals surface area contributed by atoms with Gasteiger partial charge in [0.2, 0.25) is 5.91 Å². The lowest BCUT2D eigenvalue weighted by atomic mass is 9.83. The number of amides is 1. The smallest absolute Gasteiger partial charge is 0.336 e. The molecule has 2 aromatic rings. The highest BCUT2D eigenvalue weighted by molar-refractivity contribution is 9.10. The van der Waals surface area contributed by atoms with Gasteiger partial charge in [-0.3, -0.25) is 4.79 Å². The van der Waals surface area contributed by atoms with E-state index in [2.05, 4.69) is 22.5 Å². The number of carbonyl (C=O) groups excluding carboxylic acids is 2. The monoisotopic (exact) mass is 453 g/mol. The second-order valence-corrected chi connectivity index (χ2v) is 8.08. The zero-order valence-electron chi connectivity index (χ0n) is 16.7. The molecule has 4 nitrogen and oxygen atoms in total. The Bertz CT molecular complexity index is 962. The summed E-state index contributed by atoms with van der Waals surface area (Å²) in [6.45, 7) is 7.99. The molecule has 0 radical (unpaired) electrons. The molecule has 1 amide bonds. The lowest BCUT2D eigenvalue weighted by Gasteiger charge is -2.34. The van der Waals surface area contributed by atoms with Gasteiger partial charge in [-0.1, -0.05) is 70.5 Å². The van der Waals surface area contributed by atoms with Gasteiger partial charge in [0.25, 0.3) is 0 Å². The Kier molecular flexibility index (Phi) is 6.70. The Labute approximate surface area is 180 Å². The maximum atomic E-state index is 13.0. The van der Waals surface area contributed by atoms with Crippen LogP contribution < -0.4 is 0 Å². The first-order valence-corrected chi connectivity index (χ1v) is 10.3. The number of hydrogen-bond acceptors (Lipinski definition) is 3. The van der Waals surface area contributed by atoms with Crippen LogP contribution in [0.5, 0.6) is 0 Å².